The highest BCUT2D eigenvalue weighted by Crippen LogP contribution is 2.21. The lowest BCUT2D eigenvalue weighted by Gasteiger charge is -2.22. The molecule has 1 aliphatic heterocycles. The molecule has 0 aliphatic carbocycles. The van der Waals surface area contributed by atoms with Crippen molar-refractivity contribution in [3.63, 3.8) is 0 Å². The number of hydrogen-bond donors (Lipinski definition) is 1. The van der Waals surface area contributed by atoms with Crippen LogP contribution in [-0.2, 0) is 10.0 Å². The smallest absolute Gasteiger partial charge is 0.251 e. The Kier molecular flexibility index (Phi) is 5.27. The van der Waals surface area contributed by atoms with Crippen LogP contribution in [0.5, 0.6) is 0 Å². The Labute approximate surface area is 154 Å². The van der Waals surface area contributed by atoms with E-state index in [1.165, 1.54) is 10.6 Å². The monoisotopic (exact) mass is 376 g/mol. The van der Waals surface area contributed by atoms with Crippen LogP contribution in [0, 0.1) is 5.92 Å². The number of sulfonamides is 1. The summed E-state index contributed by atoms with van der Waals surface area (Å²) >= 11 is 0. The average Bonchev–Trinajstić information content (AvgIpc) is 2.96. The number of benzene rings is 1. The molecule has 0 bridgehead atoms. The number of carbonyl (C=O) groups is 1. The third-order valence-electron chi connectivity index (χ3n) is 4.66. The first-order valence-electron chi connectivity index (χ1n) is 8.49. The van der Waals surface area contributed by atoms with Crippen molar-refractivity contribution < 1.29 is 13.2 Å². The van der Waals surface area contributed by atoms with Crippen LogP contribution >= 0.6 is 0 Å². The van der Waals surface area contributed by atoms with Gasteiger partial charge in [-0.15, -0.1) is 0 Å². The quantitative estimate of drug-likeness (QED) is 0.834. The van der Waals surface area contributed by atoms with Gasteiger partial charge in [-0.3, -0.25) is 9.78 Å². The van der Waals surface area contributed by atoms with Crippen LogP contribution in [-0.4, -0.2) is 74.5 Å². The SMILES string of the molecule is CN(C)C[C@@H]1CN(S(C)(=O)=O)C[C@H]1NC(=O)c1ccc2ncccc2c1. The number of rotatable bonds is 5. The molecule has 140 valence electrons. The minimum absolute atomic E-state index is 0.0470. The van der Waals surface area contributed by atoms with E-state index in [1.807, 2.05) is 43.3 Å². The molecule has 3 rings (SSSR count). The zero-order valence-electron chi connectivity index (χ0n) is 15.2. The van der Waals surface area contributed by atoms with Crippen molar-refractivity contribution in [1.82, 2.24) is 19.5 Å². The minimum Gasteiger partial charge on any atom is -0.348 e. The number of carbonyl (C=O) groups excluding carboxylic acids is 1. The summed E-state index contributed by atoms with van der Waals surface area (Å²) in [5.74, 6) is -0.148. The number of pyridine rings is 1. The van der Waals surface area contributed by atoms with E-state index in [1.54, 1.807) is 12.3 Å². The fraction of sp³-hybridized carbons (Fsp3) is 0.444. The maximum absolute atomic E-state index is 12.7. The number of nitrogens with one attached hydrogen (secondary N) is 1. The topological polar surface area (TPSA) is 82.6 Å². The molecular weight excluding hydrogens is 352 g/mol. The van der Waals surface area contributed by atoms with Gasteiger partial charge in [-0.2, -0.15) is 4.31 Å². The van der Waals surface area contributed by atoms with E-state index in [0.717, 1.165) is 10.9 Å². The molecule has 1 aliphatic rings. The Balaban J connectivity index is 1.78. The standard InChI is InChI=1S/C18H24N4O3S/c1-21(2)10-15-11-22(26(3,24)25)12-17(15)20-18(23)14-6-7-16-13(9-14)5-4-8-19-16/h4-9,15,17H,10-12H2,1-3H3,(H,20,23)/t15-,17-/m1/s1. The molecule has 1 aromatic carbocycles. The minimum atomic E-state index is -3.28. The summed E-state index contributed by atoms with van der Waals surface area (Å²) in [6.07, 6.45) is 2.92. The van der Waals surface area contributed by atoms with Gasteiger partial charge < -0.3 is 10.2 Å². The molecule has 1 N–H and O–H groups in total. The first kappa shape index (κ1) is 18.8. The first-order chi connectivity index (χ1) is 12.2. The molecular formula is C18H24N4O3S. The zero-order valence-corrected chi connectivity index (χ0v) is 16.0. The van der Waals surface area contributed by atoms with E-state index in [0.29, 0.717) is 25.2 Å². The predicted molar refractivity (Wildman–Crippen MR) is 101 cm³/mol. The van der Waals surface area contributed by atoms with Gasteiger partial charge in [0.15, 0.2) is 0 Å². The van der Waals surface area contributed by atoms with Gasteiger partial charge in [-0.25, -0.2) is 8.42 Å². The van der Waals surface area contributed by atoms with Gasteiger partial charge in [0.25, 0.3) is 5.91 Å². The van der Waals surface area contributed by atoms with Crippen LogP contribution in [0.2, 0.25) is 0 Å². The molecule has 0 unspecified atom stereocenters. The van der Waals surface area contributed by atoms with Crippen molar-refractivity contribution >= 4 is 26.8 Å². The number of hydrogen-bond acceptors (Lipinski definition) is 5. The van der Waals surface area contributed by atoms with Crippen molar-refractivity contribution in [1.29, 1.82) is 0 Å². The Morgan fingerprint density at radius 3 is 2.77 bits per heavy atom. The Morgan fingerprint density at radius 2 is 2.08 bits per heavy atom. The Bertz CT molecular complexity index is 914. The van der Waals surface area contributed by atoms with Gasteiger partial charge in [0.05, 0.1) is 11.8 Å². The zero-order chi connectivity index (χ0) is 18.9. The van der Waals surface area contributed by atoms with Gasteiger partial charge in [-0.1, -0.05) is 6.07 Å². The molecule has 1 aromatic heterocycles. The number of amides is 1. The van der Waals surface area contributed by atoms with Crippen molar-refractivity contribution in [3.05, 3.63) is 42.1 Å². The normalized spacial score (nSPS) is 21.4. The summed E-state index contributed by atoms with van der Waals surface area (Å²) in [6.45, 7) is 1.43. The highest BCUT2D eigenvalue weighted by molar-refractivity contribution is 7.88. The molecule has 8 heteroatoms. The second kappa shape index (κ2) is 7.30. The molecule has 0 radical (unpaired) electrons. The maximum Gasteiger partial charge on any atom is 0.251 e. The van der Waals surface area contributed by atoms with Crippen LogP contribution in [0.15, 0.2) is 36.5 Å². The van der Waals surface area contributed by atoms with Crippen molar-refractivity contribution in [2.75, 3.05) is 40.0 Å². The van der Waals surface area contributed by atoms with Crippen molar-refractivity contribution in [2.45, 2.75) is 6.04 Å². The van der Waals surface area contributed by atoms with Crippen LogP contribution < -0.4 is 5.32 Å². The molecule has 7 nitrogen and oxygen atoms in total. The molecule has 1 fully saturated rings. The van der Waals surface area contributed by atoms with Crippen LogP contribution in [0.4, 0.5) is 0 Å². The van der Waals surface area contributed by atoms with Gasteiger partial charge in [0, 0.05) is 48.7 Å². The fourth-order valence-corrected chi connectivity index (χ4v) is 4.28. The highest BCUT2D eigenvalue weighted by Gasteiger charge is 2.38. The Hall–Kier alpha value is -2.03. The molecule has 2 heterocycles. The number of aromatic nitrogens is 1. The lowest BCUT2D eigenvalue weighted by molar-refractivity contribution is 0.0927. The average molecular weight is 376 g/mol. The van der Waals surface area contributed by atoms with E-state index < -0.39 is 10.0 Å². The summed E-state index contributed by atoms with van der Waals surface area (Å²) in [4.78, 5) is 19.0. The third-order valence-corrected chi connectivity index (χ3v) is 5.89. The molecule has 26 heavy (non-hydrogen) atoms. The first-order valence-corrected chi connectivity index (χ1v) is 10.3. The summed E-state index contributed by atoms with van der Waals surface area (Å²) in [5.41, 5.74) is 1.38. The molecule has 0 saturated carbocycles. The maximum atomic E-state index is 12.7. The van der Waals surface area contributed by atoms with Crippen LogP contribution in [0.1, 0.15) is 10.4 Å². The van der Waals surface area contributed by atoms with E-state index in [4.69, 9.17) is 0 Å². The molecule has 2 atom stereocenters. The van der Waals surface area contributed by atoms with Gasteiger partial charge in [0.2, 0.25) is 10.0 Å². The van der Waals surface area contributed by atoms with Crippen LogP contribution in [0.3, 0.4) is 0 Å². The lowest BCUT2D eigenvalue weighted by Crippen LogP contribution is -2.43. The summed E-state index contributed by atoms with van der Waals surface area (Å²) in [6, 6.07) is 8.90. The second-order valence-electron chi connectivity index (χ2n) is 7.09. The fourth-order valence-electron chi connectivity index (χ4n) is 3.39. The number of fused-ring (bicyclic) bond motifs is 1. The lowest BCUT2D eigenvalue weighted by atomic mass is 10.0. The Morgan fingerprint density at radius 1 is 1.31 bits per heavy atom. The predicted octanol–water partition coefficient (Wildman–Crippen LogP) is 0.786. The molecule has 0 spiro atoms. The van der Waals surface area contributed by atoms with E-state index in [2.05, 4.69) is 10.3 Å². The van der Waals surface area contributed by atoms with E-state index in [-0.39, 0.29) is 17.9 Å². The second-order valence-corrected chi connectivity index (χ2v) is 9.08. The summed E-state index contributed by atoms with van der Waals surface area (Å²) in [5, 5.41) is 3.92. The molecule has 2 aromatic rings. The highest BCUT2D eigenvalue weighted by atomic mass is 32.2. The molecule has 1 amide bonds. The van der Waals surface area contributed by atoms with E-state index in [9.17, 15) is 13.2 Å². The third kappa shape index (κ3) is 4.20. The molecule has 1 saturated heterocycles. The largest absolute Gasteiger partial charge is 0.348 e. The van der Waals surface area contributed by atoms with Crippen LogP contribution in [0.25, 0.3) is 10.9 Å². The van der Waals surface area contributed by atoms with Crippen molar-refractivity contribution in [3.8, 4) is 0 Å². The van der Waals surface area contributed by atoms with Gasteiger partial charge in [-0.05, 0) is 38.4 Å². The number of nitrogens with zero attached hydrogens (tertiary/aromatic N) is 3. The van der Waals surface area contributed by atoms with Crippen molar-refractivity contribution in [2.24, 2.45) is 5.92 Å². The van der Waals surface area contributed by atoms with Gasteiger partial charge in [0.1, 0.15) is 0 Å². The van der Waals surface area contributed by atoms with E-state index >= 15 is 0 Å². The van der Waals surface area contributed by atoms with Gasteiger partial charge >= 0.3 is 0 Å². The summed E-state index contributed by atoms with van der Waals surface area (Å²) in [7, 11) is 0.607. The summed E-state index contributed by atoms with van der Waals surface area (Å²) < 4.78 is 25.3.